The van der Waals surface area contributed by atoms with Gasteiger partial charge in [-0.25, -0.2) is 0 Å². The second-order valence-corrected chi connectivity index (χ2v) is 5.62. The quantitative estimate of drug-likeness (QED) is 0.817. The van der Waals surface area contributed by atoms with E-state index in [0.717, 1.165) is 11.4 Å². The van der Waals surface area contributed by atoms with E-state index in [1.165, 1.54) is 25.7 Å². The van der Waals surface area contributed by atoms with Crippen LogP contribution in [0.5, 0.6) is 0 Å². The molecule has 0 spiro atoms. The molecule has 2 nitrogen and oxygen atoms in total. The zero-order valence-electron chi connectivity index (χ0n) is 10.6. The van der Waals surface area contributed by atoms with Crippen molar-refractivity contribution in [2.45, 2.75) is 52.5 Å². The lowest BCUT2D eigenvalue weighted by molar-refractivity contribution is 0.217. The van der Waals surface area contributed by atoms with Crippen molar-refractivity contribution in [3.8, 4) is 0 Å². The zero-order valence-corrected chi connectivity index (χ0v) is 10.6. The number of nitrogens with one attached hydrogen (secondary N) is 1. The number of aromatic nitrogens is 1. The summed E-state index contributed by atoms with van der Waals surface area (Å²) in [5, 5.41) is 3.64. The minimum atomic E-state index is 0.406. The second-order valence-electron chi connectivity index (χ2n) is 5.62. The lowest BCUT2D eigenvalue weighted by Gasteiger charge is -2.39. The average Bonchev–Trinajstić information content (AvgIpc) is 2.24. The molecule has 1 unspecified atom stereocenters. The fourth-order valence-corrected chi connectivity index (χ4v) is 2.52. The van der Waals surface area contributed by atoms with E-state index >= 15 is 0 Å². The second kappa shape index (κ2) is 4.44. The van der Waals surface area contributed by atoms with E-state index in [4.69, 9.17) is 0 Å². The van der Waals surface area contributed by atoms with Gasteiger partial charge in [0, 0.05) is 11.7 Å². The molecule has 1 atom stereocenters. The lowest BCUT2D eigenvalue weighted by Crippen LogP contribution is -2.38. The van der Waals surface area contributed by atoms with Gasteiger partial charge in [0.1, 0.15) is 0 Å². The third-order valence-corrected chi connectivity index (χ3v) is 3.76. The summed E-state index contributed by atoms with van der Waals surface area (Å²) in [6, 6.07) is 4.79. The normalized spacial score (nSPS) is 24.1. The first-order chi connectivity index (χ1) is 7.58. The molecular formula is C14H22N2. The summed E-state index contributed by atoms with van der Waals surface area (Å²) in [5.41, 5.74) is 2.64. The van der Waals surface area contributed by atoms with Crippen LogP contribution >= 0.6 is 0 Å². The number of anilines is 1. The molecule has 88 valence electrons. The third-order valence-electron chi connectivity index (χ3n) is 3.76. The van der Waals surface area contributed by atoms with Crippen LogP contribution in [0.4, 0.5) is 5.69 Å². The Morgan fingerprint density at radius 3 is 2.75 bits per heavy atom. The molecular weight excluding hydrogens is 196 g/mol. The Kier molecular flexibility index (Phi) is 3.17. The molecule has 1 aromatic heterocycles. The van der Waals surface area contributed by atoms with Gasteiger partial charge < -0.3 is 5.32 Å². The predicted octanol–water partition coefficient (Wildman–Crippen LogP) is 3.77. The van der Waals surface area contributed by atoms with Crippen LogP contribution in [-0.2, 0) is 0 Å². The number of rotatable bonds is 2. The number of nitrogens with zero attached hydrogens (tertiary/aromatic N) is 1. The third kappa shape index (κ3) is 2.55. The molecule has 1 aromatic rings. The summed E-state index contributed by atoms with van der Waals surface area (Å²) < 4.78 is 0. The molecule has 2 heteroatoms. The fourth-order valence-electron chi connectivity index (χ4n) is 2.52. The smallest absolute Gasteiger partial charge is 0.0529 e. The van der Waals surface area contributed by atoms with Gasteiger partial charge in [0.05, 0.1) is 11.9 Å². The summed E-state index contributed by atoms with van der Waals surface area (Å²) in [4.78, 5) is 4.33. The molecule has 1 saturated carbocycles. The summed E-state index contributed by atoms with van der Waals surface area (Å²) in [5.74, 6) is 0. The Bertz CT molecular complexity index is 340. The first-order valence-electron chi connectivity index (χ1n) is 6.27. The Labute approximate surface area is 98.5 Å². The Hall–Kier alpha value is -1.05. The highest BCUT2D eigenvalue weighted by molar-refractivity contribution is 5.42. The zero-order chi connectivity index (χ0) is 11.6. The fraction of sp³-hybridized carbons (Fsp3) is 0.643. The maximum atomic E-state index is 4.33. The van der Waals surface area contributed by atoms with Crippen LogP contribution in [-0.4, -0.2) is 11.0 Å². The highest BCUT2D eigenvalue weighted by Gasteiger charge is 2.31. The van der Waals surface area contributed by atoms with Gasteiger partial charge in [-0.3, -0.25) is 4.98 Å². The standard InChI is InChI=1S/C14H22N2/c1-11-7-8-12(10-15-11)16-13-6-4-5-9-14(13,2)3/h7-8,10,13,16H,4-6,9H2,1-3H3. The van der Waals surface area contributed by atoms with Crippen LogP contribution in [0.1, 0.15) is 45.2 Å². The van der Waals surface area contributed by atoms with Crippen LogP contribution in [0.3, 0.4) is 0 Å². The molecule has 1 heterocycles. The van der Waals surface area contributed by atoms with Gasteiger partial charge in [-0.05, 0) is 37.3 Å². The summed E-state index contributed by atoms with van der Waals surface area (Å²) >= 11 is 0. The van der Waals surface area contributed by atoms with Crippen molar-refractivity contribution in [3.63, 3.8) is 0 Å². The average molecular weight is 218 g/mol. The van der Waals surface area contributed by atoms with Gasteiger partial charge in [-0.1, -0.05) is 26.7 Å². The molecule has 16 heavy (non-hydrogen) atoms. The van der Waals surface area contributed by atoms with Crippen molar-refractivity contribution in [1.29, 1.82) is 0 Å². The number of hydrogen-bond acceptors (Lipinski definition) is 2. The van der Waals surface area contributed by atoms with Crippen LogP contribution < -0.4 is 5.32 Å². The minimum absolute atomic E-state index is 0.406. The van der Waals surface area contributed by atoms with Crippen LogP contribution in [0.2, 0.25) is 0 Å². The first-order valence-corrected chi connectivity index (χ1v) is 6.27. The molecule has 0 bridgehead atoms. The molecule has 0 aromatic carbocycles. The maximum Gasteiger partial charge on any atom is 0.0529 e. The van der Waals surface area contributed by atoms with E-state index in [2.05, 4.69) is 36.3 Å². The van der Waals surface area contributed by atoms with Crippen molar-refractivity contribution in [3.05, 3.63) is 24.0 Å². The van der Waals surface area contributed by atoms with E-state index < -0.39 is 0 Å². The van der Waals surface area contributed by atoms with E-state index in [0.29, 0.717) is 11.5 Å². The maximum absolute atomic E-state index is 4.33. The Morgan fingerprint density at radius 2 is 2.12 bits per heavy atom. The van der Waals surface area contributed by atoms with Gasteiger partial charge in [0.15, 0.2) is 0 Å². The van der Waals surface area contributed by atoms with E-state index in [-0.39, 0.29) is 0 Å². The van der Waals surface area contributed by atoms with Crippen molar-refractivity contribution in [1.82, 2.24) is 4.98 Å². The summed E-state index contributed by atoms with van der Waals surface area (Å²) in [6.45, 7) is 6.76. The number of hydrogen-bond donors (Lipinski definition) is 1. The lowest BCUT2D eigenvalue weighted by atomic mass is 9.73. The molecule has 0 aliphatic heterocycles. The minimum Gasteiger partial charge on any atom is -0.381 e. The summed E-state index contributed by atoms with van der Waals surface area (Å²) in [6.07, 6.45) is 7.27. The van der Waals surface area contributed by atoms with Gasteiger partial charge in [-0.2, -0.15) is 0 Å². The van der Waals surface area contributed by atoms with E-state index in [9.17, 15) is 0 Å². The molecule has 1 N–H and O–H groups in total. The largest absolute Gasteiger partial charge is 0.381 e. The van der Waals surface area contributed by atoms with Gasteiger partial charge >= 0.3 is 0 Å². The van der Waals surface area contributed by atoms with E-state index in [1.54, 1.807) is 0 Å². The SMILES string of the molecule is Cc1ccc(NC2CCCCC2(C)C)cn1. The number of aryl methyl sites for hydroxylation is 1. The molecule has 0 radical (unpaired) electrons. The Balaban J connectivity index is 2.05. The van der Waals surface area contributed by atoms with Crippen molar-refractivity contribution in [2.75, 3.05) is 5.32 Å². The topological polar surface area (TPSA) is 24.9 Å². The predicted molar refractivity (Wildman–Crippen MR) is 68.6 cm³/mol. The van der Waals surface area contributed by atoms with Crippen molar-refractivity contribution >= 4 is 5.69 Å². The number of pyridine rings is 1. The Morgan fingerprint density at radius 1 is 1.31 bits per heavy atom. The molecule has 0 saturated heterocycles. The van der Waals surface area contributed by atoms with Gasteiger partial charge in [0.25, 0.3) is 0 Å². The van der Waals surface area contributed by atoms with Crippen LogP contribution in [0.15, 0.2) is 18.3 Å². The molecule has 2 rings (SSSR count). The van der Waals surface area contributed by atoms with Crippen molar-refractivity contribution < 1.29 is 0 Å². The molecule has 1 fully saturated rings. The molecule has 1 aliphatic rings. The summed E-state index contributed by atoms with van der Waals surface area (Å²) in [7, 11) is 0. The highest BCUT2D eigenvalue weighted by Crippen LogP contribution is 2.37. The highest BCUT2D eigenvalue weighted by atomic mass is 14.9. The van der Waals surface area contributed by atoms with Crippen LogP contribution in [0, 0.1) is 12.3 Å². The monoisotopic (exact) mass is 218 g/mol. The molecule has 0 amide bonds. The van der Waals surface area contributed by atoms with Crippen molar-refractivity contribution in [2.24, 2.45) is 5.41 Å². The van der Waals surface area contributed by atoms with Gasteiger partial charge in [-0.15, -0.1) is 0 Å². The first kappa shape index (κ1) is 11.4. The van der Waals surface area contributed by atoms with Crippen LogP contribution in [0.25, 0.3) is 0 Å². The van der Waals surface area contributed by atoms with E-state index in [1.807, 2.05) is 13.1 Å². The molecule has 1 aliphatic carbocycles. The van der Waals surface area contributed by atoms with Gasteiger partial charge in [0.2, 0.25) is 0 Å².